The summed E-state index contributed by atoms with van der Waals surface area (Å²) >= 11 is 3.22. The summed E-state index contributed by atoms with van der Waals surface area (Å²) in [5.74, 6) is 0.391. The highest BCUT2D eigenvalue weighted by Crippen LogP contribution is 2.19. The molecule has 0 fully saturated rings. The number of hydrogen-bond acceptors (Lipinski definition) is 4. The fourth-order valence-electron chi connectivity index (χ4n) is 0.946. The first-order valence-corrected chi connectivity index (χ1v) is 4.56. The number of aromatic nitrogens is 1. The number of carbonyl (C=O) groups excluding carboxylic acids is 1. The molecule has 1 rings (SSSR count). The molecule has 1 aromatic heterocycles. The summed E-state index contributed by atoms with van der Waals surface area (Å²) in [6.45, 7) is 0.109. The summed E-state index contributed by atoms with van der Waals surface area (Å²) in [7, 11) is 1.47. The minimum Gasteiger partial charge on any atom is -0.530 e. The van der Waals surface area contributed by atoms with E-state index in [2.05, 4.69) is 26.2 Å². The van der Waals surface area contributed by atoms with Gasteiger partial charge in [0, 0.05) is 22.8 Å². The third-order valence-corrected chi connectivity index (χ3v) is 1.94. The van der Waals surface area contributed by atoms with Crippen LogP contribution in [0.4, 0.5) is 4.79 Å². The summed E-state index contributed by atoms with van der Waals surface area (Å²) in [4.78, 5) is 14.1. The van der Waals surface area contributed by atoms with Crippen molar-refractivity contribution in [3.63, 3.8) is 0 Å². The van der Waals surface area contributed by atoms with Crippen LogP contribution < -0.4 is 15.2 Å². The zero-order valence-corrected chi connectivity index (χ0v) is 9.00. The summed E-state index contributed by atoms with van der Waals surface area (Å²) in [5.41, 5.74) is 0.645. The van der Waals surface area contributed by atoms with E-state index in [4.69, 9.17) is 4.74 Å². The second-order valence-electron chi connectivity index (χ2n) is 2.46. The second kappa shape index (κ2) is 4.80. The van der Waals surface area contributed by atoms with Crippen molar-refractivity contribution in [1.82, 2.24) is 10.3 Å². The summed E-state index contributed by atoms with van der Waals surface area (Å²) in [6, 6.07) is 1.72. The Balaban J connectivity index is 2.82. The van der Waals surface area contributed by atoms with E-state index in [1.807, 2.05) is 0 Å². The van der Waals surface area contributed by atoms with Crippen LogP contribution >= 0.6 is 15.9 Å². The van der Waals surface area contributed by atoms with Crippen LogP contribution in [0.25, 0.3) is 0 Å². The standard InChI is InChI=1S/C8H9BrN2O3/c1-14-7-5(3-11-8(12)13)2-6(9)4-10-7/h2,4,11H,3H2,1H3,(H,12,13)/p-1. The highest BCUT2D eigenvalue weighted by molar-refractivity contribution is 9.10. The number of nitrogens with zero attached hydrogens (tertiary/aromatic N) is 1. The lowest BCUT2D eigenvalue weighted by Crippen LogP contribution is -2.35. The van der Waals surface area contributed by atoms with Crippen molar-refractivity contribution >= 4 is 22.0 Å². The average Bonchev–Trinajstić information content (AvgIpc) is 2.15. The molecule has 14 heavy (non-hydrogen) atoms. The van der Waals surface area contributed by atoms with Gasteiger partial charge in [-0.2, -0.15) is 0 Å². The maximum atomic E-state index is 10.2. The van der Waals surface area contributed by atoms with Gasteiger partial charge in [0.15, 0.2) is 0 Å². The van der Waals surface area contributed by atoms with E-state index in [0.29, 0.717) is 11.4 Å². The van der Waals surface area contributed by atoms with Crippen molar-refractivity contribution in [1.29, 1.82) is 0 Å². The van der Waals surface area contributed by atoms with Crippen LogP contribution in [0.3, 0.4) is 0 Å². The number of nitrogens with one attached hydrogen (secondary N) is 1. The Morgan fingerprint density at radius 1 is 1.79 bits per heavy atom. The fourth-order valence-corrected chi connectivity index (χ4v) is 1.33. The maximum Gasteiger partial charge on any atom is 0.218 e. The van der Waals surface area contributed by atoms with E-state index in [1.165, 1.54) is 7.11 Å². The van der Waals surface area contributed by atoms with Gasteiger partial charge in [-0.1, -0.05) is 0 Å². The SMILES string of the molecule is COc1ncc(Br)cc1CNC(=O)[O-]. The Morgan fingerprint density at radius 3 is 3.07 bits per heavy atom. The van der Waals surface area contributed by atoms with Crippen molar-refractivity contribution in [2.24, 2.45) is 0 Å². The topological polar surface area (TPSA) is 74.3 Å². The third-order valence-electron chi connectivity index (χ3n) is 1.51. The van der Waals surface area contributed by atoms with Crippen molar-refractivity contribution < 1.29 is 14.6 Å². The third kappa shape index (κ3) is 2.88. The normalized spacial score (nSPS) is 9.57. The van der Waals surface area contributed by atoms with Gasteiger partial charge in [-0.3, -0.25) is 0 Å². The molecular weight excluding hydrogens is 252 g/mol. The molecule has 0 unspecified atom stereocenters. The van der Waals surface area contributed by atoms with Gasteiger partial charge in [0.25, 0.3) is 0 Å². The molecule has 0 saturated heterocycles. The Morgan fingerprint density at radius 2 is 2.50 bits per heavy atom. The Hall–Kier alpha value is -1.30. The zero-order chi connectivity index (χ0) is 10.6. The number of carbonyl (C=O) groups is 1. The molecule has 1 aromatic rings. The van der Waals surface area contributed by atoms with Crippen LogP contribution in [0, 0.1) is 0 Å². The number of halogens is 1. The average molecular weight is 260 g/mol. The monoisotopic (exact) mass is 259 g/mol. The molecule has 0 aromatic carbocycles. The van der Waals surface area contributed by atoms with E-state index < -0.39 is 6.09 Å². The molecular formula is C8H8BrN2O3-. The first-order chi connectivity index (χ1) is 6.63. The predicted molar refractivity (Wildman–Crippen MR) is 50.7 cm³/mol. The van der Waals surface area contributed by atoms with Gasteiger partial charge in [-0.15, -0.1) is 0 Å². The van der Waals surface area contributed by atoms with Gasteiger partial charge >= 0.3 is 0 Å². The summed E-state index contributed by atoms with van der Waals surface area (Å²) in [5, 5.41) is 12.3. The Kier molecular flexibility index (Phi) is 3.70. The van der Waals surface area contributed by atoms with Gasteiger partial charge in [0.1, 0.15) is 6.09 Å². The molecule has 0 atom stereocenters. The van der Waals surface area contributed by atoms with Gasteiger partial charge in [-0.25, -0.2) is 4.98 Å². The Labute approximate surface area is 89.2 Å². The fraction of sp³-hybridized carbons (Fsp3) is 0.250. The van der Waals surface area contributed by atoms with Crippen LogP contribution in [-0.4, -0.2) is 18.2 Å². The summed E-state index contributed by atoms with van der Waals surface area (Å²) < 4.78 is 5.71. The number of pyridine rings is 1. The molecule has 0 aliphatic heterocycles. The molecule has 0 aliphatic carbocycles. The van der Waals surface area contributed by atoms with Crippen LogP contribution in [0.5, 0.6) is 5.88 Å². The van der Waals surface area contributed by atoms with E-state index in [1.54, 1.807) is 12.3 Å². The molecule has 0 radical (unpaired) electrons. The molecule has 0 spiro atoms. The van der Waals surface area contributed by atoms with E-state index in [-0.39, 0.29) is 6.54 Å². The van der Waals surface area contributed by atoms with E-state index >= 15 is 0 Å². The lowest BCUT2D eigenvalue weighted by atomic mass is 10.3. The number of rotatable bonds is 3. The lowest BCUT2D eigenvalue weighted by Gasteiger charge is -2.09. The molecule has 1 N–H and O–H groups in total. The van der Waals surface area contributed by atoms with Gasteiger partial charge in [0.2, 0.25) is 5.88 Å². The molecule has 0 aliphatic rings. The molecule has 1 amide bonds. The minimum absolute atomic E-state index is 0.109. The maximum absolute atomic E-state index is 10.2. The number of methoxy groups -OCH3 is 1. The van der Waals surface area contributed by atoms with E-state index in [0.717, 1.165) is 4.47 Å². The molecule has 76 valence electrons. The highest BCUT2D eigenvalue weighted by Gasteiger charge is 2.04. The van der Waals surface area contributed by atoms with E-state index in [9.17, 15) is 9.90 Å². The zero-order valence-electron chi connectivity index (χ0n) is 7.41. The van der Waals surface area contributed by atoms with Gasteiger partial charge in [-0.05, 0) is 22.0 Å². The highest BCUT2D eigenvalue weighted by atomic mass is 79.9. The van der Waals surface area contributed by atoms with Crippen LogP contribution in [-0.2, 0) is 6.54 Å². The smallest absolute Gasteiger partial charge is 0.218 e. The van der Waals surface area contributed by atoms with Gasteiger partial charge < -0.3 is 20.0 Å². The van der Waals surface area contributed by atoms with Crippen molar-refractivity contribution in [2.75, 3.05) is 7.11 Å². The molecule has 5 nitrogen and oxygen atoms in total. The number of hydrogen-bond donors (Lipinski definition) is 1. The lowest BCUT2D eigenvalue weighted by molar-refractivity contribution is -0.251. The summed E-state index contributed by atoms with van der Waals surface area (Å²) in [6.07, 6.45) is 0.244. The largest absolute Gasteiger partial charge is 0.530 e. The quantitative estimate of drug-likeness (QED) is 0.847. The van der Waals surface area contributed by atoms with Crippen molar-refractivity contribution in [3.05, 3.63) is 22.3 Å². The molecule has 0 bridgehead atoms. The number of amides is 1. The Bertz CT molecular complexity index is 343. The first-order valence-electron chi connectivity index (χ1n) is 3.76. The van der Waals surface area contributed by atoms with Crippen LogP contribution in [0.15, 0.2) is 16.7 Å². The number of ether oxygens (including phenoxy) is 1. The second-order valence-corrected chi connectivity index (χ2v) is 3.38. The number of carboxylic acid groups (broad SMARTS) is 1. The minimum atomic E-state index is -1.33. The molecule has 1 heterocycles. The predicted octanol–water partition coefficient (Wildman–Crippen LogP) is 0.286. The first kappa shape index (κ1) is 10.8. The van der Waals surface area contributed by atoms with Crippen molar-refractivity contribution in [2.45, 2.75) is 6.54 Å². The van der Waals surface area contributed by atoms with Gasteiger partial charge in [0.05, 0.1) is 7.11 Å². The van der Waals surface area contributed by atoms with Crippen molar-refractivity contribution in [3.8, 4) is 5.88 Å². The van der Waals surface area contributed by atoms with Crippen LogP contribution in [0.2, 0.25) is 0 Å². The molecule has 6 heteroatoms. The van der Waals surface area contributed by atoms with Crippen LogP contribution in [0.1, 0.15) is 5.56 Å². The molecule has 0 saturated carbocycles.